The third kappa shape index (κ3) is 7.65. The number of piperazine rings is 1. The number of aromatic nitrogens is 4. The van der Waals surface area contributed by atoms with Gasteiger partial charge in [0.2, 0.25) is 17.8 Å². The molecule has 4 aliphatic rings. The van der Waals surface area contributed by atoms with Crippen LogP contribution in [0.15, 0.2) is 60.8 Å². The van der Waals surface area contributed by atoms with Gasteiger partial charge in [0.15, 0.2) is 0 Å². The Morgan fingerprint density at radius 2 is 1.67 bits per heavy atom. The van der Waals surface area contributed by atoms with E-state index in [-0.39, 0.29) is 24.4 Å². The number of anilines is 6. The second kappa shape index (κ2) is 16.4. The van der Waals surface area contributed by atoms with E-state index in [1.54, 1.807) is 25.3 Å². The number of hydrogen-bond acceptors (Lipinski definition) is 12. The number of imide groups is 1. The molecule has 2 aromatic heterocycles. The Balaban J connectivity index is 0.779. The molecule has 6 heterocycles. The van der Waals surface area contributed by atoms with Crippen molar-refractivity contribution in [3.8, 4) is 5.75 Å². The van der Waals surface area contributed by atoms with Crippen molar-refractivity contribution in [2.24, 2.45) is 13.0 Å². The van der Waals surface area contributed by atoms with Crippen LogP contribution in [0.1, 0.15) is 47.7 Å². The van der Waals surface area contributed by atoms with Gasteiger partial charge in [-0.25, -0.2) is 4.98 Å². The van der Waals surface area contributed by atoms with Crippen molar-refractivity contribution < 1.29 is 19.1 Å². The van der Waals surface area contributed by atoms with Gasteiger partial charge < -0.3 is 24.8 Å². The van der Waals surface area contributed by atoms with Gasteiger partial charge in [0.25, 0.3) is 5.91 Å². The third-order valence-corrected chi connectivity index (χ3v) is 12.9. The Morgan fingerprint density at radius 1 is 0.900 bits per heavy atom. The molecule has 4 aliphatic heterocycles. The van der Waals surface area contributed by atoms with E-state index in [2.05, 4.69) is 54.6 Å². The van der Waals surface area contributed by atoms with Gasteiger partial charge in [0, 0.05) is 95.4 Å². The standard InChI is InChI=1S/C43H47Cl2N11O4/c1-51-25-56(39-32(44)5-4-6-33(39)45)42(59)31-23-46-43(49-40(31)51)47-27-7-11-34(36(21-27)60-3)55-19-17-53(18-20-55)24-26-13-15-54(16-14-26)28-8-9-29-35(22-28)52(2)50-38(29)30-10-12-37(57)48-41(30)58/h4-9,11,21-23,26,30H,10,12-20,24-25H2,1-3H3,(H,46,47,49)(H,48,57,58). The average molecular weight is 853 g/mol. The molecular formula is C43H47Cl2N11O4. The third-order valence-electron chi connectivity index (χ3n) is 12.2. The maximum atomic E-state index is 13.5. The number of carbonyl (C=O) groups is 3. The van der Waals surface area contributed by atoms with Gasteiger partial charge in [0.1, 0.15) is 17.1 Å². The zero-order valence-corrected chi connectivity index (χ0v) is 35.3. The first kappa shape index (κ1) is 39.8. The summed E-state index contributed by atoms with van der Waals surface area (Å²) in [4.78, 5) is 57.8. The van der Waals surface area contributed by atoms with Gasteiger partial charge in [-0.1, -0.05) is 29.3 Å². The maximum Gasteiger partial charge on any atom is 0.265 e. The predicted molar refractivity (Wildman–Crippen MR) is 234 cm³/mol. The van der Waals surface area contributed by atoms with Crippen LogP contribution in [0.4, 0.5) is 34.5 Å². The van der Waals surface area contributed by atoms with Crippen LogP contribution < -0.4 is 35.0 Å². The summed E-state index contributed by atoms with van der Waals surface area (Å²) in [6.45, 7) is 7.06. The molecule has 2 N–H and O–H groups in total. The second-order valence-electron chi connectivity index (χ2n) is 16.0. The molecule has 1 atom stereocenters. The van der Waals surface area contributed by atoms with Crippen molar-refractivity contribution in [1.29, 1.82) is 0 Å². The van der Waals surface area contributed by atoms with E-state index in [1.807, 2.05) is 35.8 Å². The number of benzene rings is 3. The smallest absolute Gasteiger partial charge is 0.265 e. The summed E-state index contributed by atoms with van der Waals surface area (Å²) >= 11 is 12.9. The summed E-state index contributed by atoms with van der Waals surface area (Å²) in [6.07, 6.45) is 4.61. The number of hydrogen-bond donors (Lipinski definition) is 2. The molecule has 0 spiro atoms. The van der Waals surface area contributed by atoms with Crippen LogP contribution in [0.2, 0.25) is 10.0 Å². The number of aryl methyl sites for hydroxylation is 1. The molecule has 3 saturated heterocycles. The fourth-order valence-electron chi connectivity index (χ4n) is 9.02. The fraction of sp³-hybridized carbons (Fsp3) is 0.395. The Bertz CT molecular complexity index is 2460. The van der Waals surface area contributed by atoms with Gasteiger partial charge >= 0.3 is 0 Å². The second-order valence-corrected chi connectivity index (χ2v) is 16.8. The zero-order chi connectivity index (χ0) is 41.7. The normalized spacial score (nSPS) is 19.2. The minimum Gasteiger partial charge on any atom is -0.495 e. The van der Waals surface area contributed by atoms with Crippen molar-refractivity contribution in [1.82, 2.24) is 30.0 Å². The van der Waals surface area contributed by atoms with E-state index in [0.717, 1.165) is 92.4 Å². The first-order chi connectivity index (χ1) is 29.0. The zero-order valence-electron chi connectivity index (χ0n) is 33.8. The number of nitrogens with one attached hydrogen (secondary N) is 2. The Kier molecular flexibility index (Phi) is 10.9. The summed E-state index contributed by atoms with van der Waals surface area (Å²) in [7, 11) is 5.46. The Labute approximate surface area is 358 Å². The number of halogens is 2. The van der Waals surface area contributed by atoms with Crippen LogP contribution in [0.25, 0.3) is 10.9 Å². The molecule has 0 aliphatic carbocycles. The number of piperidine rings is 2. The van der Waals surface area contributed by atoms with E-state index in [9.17, 15) is 14.4 Å². The van der Waals surface area contributed by atoms with Crippen molar-refractivity contribution in [3.05, 3.63) is 82.1 Å². The lowest BCUT2D eigenvalue weighted by Crippen LogP contribution is -2.49. The van der Waals surface area contributed by atoms with Crippen LogP contribution >= 0.6 is 23.2 Å². The monoisotopic (exact) mass is 851 g/mol. The van der Waals surface area contributed by atoms with Gasteiger partial charge in [-0.05, 0) is 67.6 Å². The van der Waals surface area contributed by atoms with Crippen LogP contribution in [-0.4, -0.2) is 109 Å². The average Bonchev–Trinajstić information content (AvgIpc) is 3.57. The number of fused-ring (bicyclic) bond motifs is 2. The number of para-hydroxylation sites is 1. The number of rotatable bonds is 9. The lowest BCUT2D eigenvalue weighted by molar-refractivity contribution is -0.134. The highest BCUT2D eigenvalue weighted by molar-refractivity contribution is 6.40. The molecule has 15 nitrogen and oxygen atoms in total. The molecule has 5 aromatic rings. The van der Waals surface area contributed by atoms with E-state index in [1.165, 1.54) is 16.8 Å². The summed E-state index contributed by atoms with van der Waals surface area (Å²) in [5.41, 5.74) is 5.54. The van der Waals surface area contributed by atoms with E-state index in [0.29, 0.717) is 51.8 Å². The van der Waals surface area contributed by atoms with Crippen molar-refractivity contribution in [2.45, 2.75) is 31.6 Å². The minimum atomic E-state index is -0.405. The summed E-state index contributed by atoms with van der Waals surface area (Å²) in [5, 5.41) is 12.2. The predicted octanol–water partition coefficient (Wildman–Crippen LogP) is 6.04. The van der Waals surface area contributed by atoms with Crippen LogP contribution in [0, 0.1) is 5.92 Å². The Morgan fingerprint density at radius 3 is 2.40 bits per heavy atom. The van der Waals surface area contributed by atoms with Crippen LogP contribution in [-0.2, 0) is 16.6 Å². The fourth-order valence-corrected chi connectivity index (χ4v) is 9.62. The largest absolute Gasteiger partial charge is 0.495 e. The number of ether oxygens (including phenoxy) is 1. The summed E-state index contributed by atoms with van der Waals surface area (Å²) < 4.78 is 7.74. The van der Waals surface area contributed by atoms with Crippen molar-refractivity contribution in [3.63, 3.8) is 0 Å². The highest BCUT2D eigenvalue weighted by Gasteiger charge is 2.34. The van der Waals surface area contributed by atoms with Crippen molar-refractivity contribution >= 4 is 86.3 Å². The maximum absolute atomic E-state index is 13.5. The highest BCUT2D eigenvalue weighted by atomic mass is 35.5. The molecule has 60 heavy (non-hydrogen) atoms. The molecule has 17 heteroatoms. The first-order valence-electron chi connectivity index (χ1n) is 20.4. The topological polar surface area (TPSA) is 144 Å². The lowest BCUT2D eigenvalue weighted by Gasteiger charge is -2.40. The van der Waals surface area contributed by atoms with Gasteiger partial charge in [-0.2, -0.15) is 10.1 Å². The molecule has 3 aromatic carbocycles. The molecular weight excluding hydrogens is 805 g/mol. The highest BCUT2D eigenvalue weighted by Crippen LogP contribution is 2.39. The molecule has 3 fully saturated rings. The number of methoxy groups -OCH3 is 1. The van der Waals surface area contributed by atoms with Gasteiger partial charge in [0.05, 0.1) is 52.3 Å². The number of carbonyl (C=O) groups excluding carboxylic acids is 3. The van der Waals surface area contributed by atoms with Crippen molar-refractivity contribution in [2.75, 3.05) is 91.6 Å². The SMILES string of the molecule is COc1cc(Nc2ncc3c(n2)N(C)CN(c2c(Cl)cccc2Cl)C3=O)ccc1N1CCN(CC2CCN(c3ccc4c(C5CCC(=O)NC5=O)nn(C)c4c3)CC2)CC1. The lowest BCUT2D eigenvalue weighted by atomic mass is 9.92. The molecule has 3 amide bonds. The van der Waals surface area contributed by atoms with Gasteiger partial charge in [-0.15, -0.1) is 0 Å². The summed E-state index contributed by atoms with van der Waals surface area (Å²) in [5.74, 6) is 1.11. The molecule has 0 bridgehead atoms. The minimum absolute atomic E-state index is 0.216. The van der Waals surface area contributed by atoms with Gasteiger partial charge in [-0.3, -0.25) is 34.2 Å². The van der Waals surface area contributed by atoms with Crippen LogP contribution in [0.5, 0.6) is 5.75 Å². The van der Waals surface area contributed by atoms with E-state index < -0.39 is 5.92 Å². The quantitative estimate of drug-likeness (QED) is 0.167. The molecule has 9 rings (SSSR count). The number of nitrogens with zero attached hydrogens (tertiary/aromatic N) is 9. The molecule has 0 radical (unpaired) electrons. The van der Waals surface area contributed by atoms with Crippen LogP contribution in [0.3, 0.4) is 0 Å². The van der Waals surface area contributed by atoms with E-state index in [4.69, 9.17) is 38.0 Å². The molecule has 0 saturated carbocycles. The molecule has 1 unspecified atom stereocenters. The molecule has 312 valence electrons. The first-order valence-corrected chi connectivity index (χ1v) is 21.1. The van der Waals surface area contributed by atoms with E-state index >= 15 is 0 Å². The Hall–Kier alpha value is -5.64. The summed E-state index contributed by atoms with van der Waals surface area (Å²) in [6, 6.07) is 17.6. The number of amides is 3.